The summed E-state index contributed by atoms with van der Waals surface area (Å²) in [5.74, 6) is -3.42. The molecule has 1 atom stereocenters. The molecular weight excluding hydrogens is 279 g/mol. The summed E-state index contributed by atoms with van der Waals surface area (Å²) in [5, 5.41) is 2.51. The molecule has 2 aromatic carbocycles. The van der Waals surface area contributed by atoms with Crippen LogP contribution in [0.5, 0.6) is 0 Å². The molecule has 0 aliphatic carbocycles. The van der Waals surface area contributed by atoms with E-state index in [1.54, 1.807) is 26.0 Å². The largest absolute Gasteiger partial charge is 0.345 e. The van der Waals surface area contributed by atoms with Gasteiger partial charge >= 0.3 is 0 Å². The second kappa shape index (κ2) is 5.99. The lowest BCUT2D eigenvalue weighted by atomic mass is 10.1. The first-order valence-electron chi connectivity index (χ1n) is 6.41. The third-order valence-corrected chi connectivity index (χ3v) is 3.24. The molecule has 0 aliphatic heterocycles. The Morgan fingerprint density at radius 1 is 1.10 bits per heavy atom. The zero-order chi connectivity index (χ0) is 15.6. The third kappa shape index (κ3) is 3.24. The van der Waals surface area contributed by atoms with E-state index in [0.717, 1.165) is 6.07 Å². The van der Waals surface area contributed by atoms with Crippen LogP contribution in [-0.2, 0) is 0 Å². The molecule has 0 saturated carbocycles. The van der Waals surface area contributed by atoms with Gasteiger partial charge in [0.25, 0.3) is 5.91 Å². The van der Waals surface area contributed by atoms with Crippen molar-refractivity contribution in [1.82, 2.24) is 5.32 Å². The van der Waals surface area contributed by atoms with Gasteiger partial charge < -0.3 is 5.32 Å². The molecule has 0 aliphatic rings. The minimum absolute atomic E-state index is 0.380. The minimum atomic E-state index is -1.20. The Kier molecular flexibility index (Phi) is 4.31. The lowest BCUT2D eigenvalue weighted by Crippen LogP contribution is -2.27. The van der Waals surface area contributed by atoms with Crippen LogP contribution in [0.4, 0.5) is 13.2 Å². The average molecular weight is 293 g/mol. The van der Waals surface area contributed by atoms with Crippen molar-refractivity contribution in [2.45, 2.75) is 19.9 Å². The molecule has 0 saturated heterocycles. The predicted molar refractivity (Wildman–Crippen MR) is 73.4 cm³/mol. The Labute approximate surface area is 120 Å². The molecule has 1 amide bonds. The third-order valence-electron chi connectivity index (χ3n) is 3.24. The number of amides is 1. The van der Waals surface area contributed by atoms with Crippen molar-refractivity contribution in [3.8, 4) is 0 Å². The highest BCUT2D eigenvalue weighted by atomic mass is 19.2. The summed E-state index contributed by atoms with van der Waals surface area (Å²) in [4.78, 5) is 11.9. The number of carbonyl (C=O) groups excluding carboxylic acids is 1. The maximum atomic E-state index is 13.5. The fourth-order valence-corrected chi connectivity index (χ4v) is 1.92. The van der Waals surface area contributed by atoms with E-state index in [0.29, 0.717) is 11.1 Å². The van der Waals surface area contributed by atoms with Gasteiger partial charge in [-0.05, 0) is 43.2 Å². The fraction of sp³-hybridized carbons (Fsp3) is 0.188. The maximum absolute atomic E-state index is 13.5. The molecule has 2 rings (SSSR count). The van der Waals surface area contributed by atoms with Crippen molar-refractivity contribution in [2.24, 2.45) is 0 Å². The van der Waals surface area contributed by atoms with Crippen LogP contribution in [0.15, 0.2) is 36.4 Å². The number of hydrogen-bond donors (Lipinski definition) is 1. The van der Waals surface area contributed by atoms with Crippen LogP contribution in [0.1, 0.15) is 34.5 Å². The smallest absolute Gasteiger partial charge is 0.254 e. The highest BCUT2D eigenvalue weighted by Gasteiger charge is 2.17. The first-order chi connectivity index (χ1) is 9.90. The molecule has 0 bridgehead atoms. The summed E-state index contributed by atoms with van der Waals surface area (Å²) < 4.78 is 40.1. The number of hydrogen-bond acceptors (Lipinski definition) is 1. The molecular formula is C16H14F3NO. The Morgan fingerprint density at radius 2 is 1.81 bits per heavy atom. The number of halogens is 3. The molecule has 0 heterocycles. The van der Waals surface area contributed by atoms with Crippen LogP contribution in [0.3, 0.4) is 0 Å². The molecule has 1 unspecified atom stereocenters. The predicted octanol–water partition coefficient (Wildman–Crippen LogP) is 3.90. The second-order valence-electron chi connectivity index (χ2n) is 4.81. The number of rotatable bonds is 3. The summed E-state index contributed by atoms with van der Waals surface area (Å²) in [7, 11) is 0. The highest BCUT2D eigenvalue weighted by molar-refractivity contribution is 5.94. The fourth-order valence-electron chi connectivity index (χ4n) is 1.92. The number of aryl methyl sites for hydroxylation is 1. The monoisotopic (exact) mass is 293 g/mol. The van der Waals surface area contributed by atoms with E-state index in [1.807, 2.05) is 0 Å². The van der Waals surface area contributed by atoms with Crippen molar-refractivity contribution >= 4 is 5.91 Å². The van der Waals surface area contributed by atoms with Crippen LogP contribution in [0.25, 0.3) is 0 Å². The van der Waals surface area contributed by atoms with Gasteiger partial charge in [0.1, 0.15) is 5.82 Å². The van der Waals surface area contributed by atoms with E-state index >= 15 is 0 Å². The van der Waals surface area contributed by atoms with E-state index in [1.165, 1.54) is 18.2 Å². The van der Waals surface area contributed by atoms with Gasteiger partial charge in [-0.1, -0.05) is 18.2 Å². The molecule has 110 valence electrons. The van der Waals surface area contributed by atoms with E-state index in [4.69, 9.17) is 0 Å². The summed E-state index contributed by atoms with van der Waals surface area (Å²) in [6.45, 7) is 3.27. The van der Waals surface area contributed by atoms with Gasteiger partial charge in [0, 0.05) is 0 Å². The van der Waals surface area contributed by atoms with Gasteiger partial charge in [-0.3, -0.25) is 4.79 Å². The lowest BCUT2D eigenvalue weighted by molar-refractivity contribution is 0.0934. The zero-order valence-corrected chi connectivity index (χ0v) is 11.6. The standard InChI is InChI=1S/C16H14F3NO/c1-9-6-7-11(8-14(9)18)10(2)20-16(21)12-4-3-5-13(17)15(12)19/h3-8,10H,1-2H3,(H,20,21). The summed E-state index contributed by atoms with van der Waals surface area (Å²) in [6.07, 6.45) is 0. The molecule has 0 aromatic heterocycles. The number of benzene rings is 2. The highest BCUT2D eigenvalue weighted by Crippen LogP contribution is 2.18. The van der Waals surface area contributed by atoms with Crippen molar-refractivity contribution in [3.63, 3.8) is 0 Å². The van der Waals surface area contributed by atoms with Gasteiger partial charge in [0.2, 0.25) is 0 Å². The van der Waals surface area contributed by atoms with Gasteiger partial charge in [-0.15, -0.1) is 0 Å². The van der Waals surface area contributed by atoms with Crippen LogP contribution in [0.2, 0.25) is 0 Å². The van der Waals surface area contributed by atoms with Gasteiger partial charge in [-0.2, -0.15) is 0 Å². The van der Waals surface area contributed by atoms with Crippen LogP contribution in [-0.4, -0.2) is 5.91 Å². The molecule has 5 heteroatoms. The van der Waals surface area contributed by atoms with Crippen LogP contribution in [0, 0.1) is 24.4 Å². The number of nitrogens with one attached hydrogen (secondary N) is 1. The lowest BCUT2D eigenvalue weighted by Gasteiger charge is -2.15. The first-order valence-corrected chi connectivity index (χ1v) is 6.41. The van der Waals surface area contributed by atoms with Gasteiger partial charge in [0.05, 0.1) is 11.6 Å². The Bertz CT molecular complexity index is 685. The molecule has 0 fully saturated rings. The summed E-state index contributed by atoms with van der Waals surface area (Å²) in [6, 6.07) is 7.42. The van der Waals surface area contributed by atoms with Gasteiger partial charge in [-0.25, -0.2) is 13.2 Å². The second-order valence-corrected chi connectivity index (χ2v) is 4.81. The Morgan fingerprint density at radius 3 is 2.48 bits per heavy atom. The van der Waals surface area contributed by atoms with Crippen molar-refractivity contribution < 1.29 is 18.0 Å². The normalized spacial score (nSPS) is 12.0. The van der Waals surface area contributed by atoms with Crippen LogP contribution >= 0.6 is 0 Å². The molecule has 21 heavy (non-hydrogen) atoms. The van der Waals surface area contributed by atoms with E-state index in [-0.39, 0.29) is 11.4 Å². The molecule has 2 aromatic rings. The van der Waals surface area contributed by atoms with E-state index in [2.05, 4.69) is 5.32 Å². The number of carbonyl (C=O) groups is 1. The Hall–Kier alpha value is -2.30. The topological polar surface area (TPSA) is 29.1 Å². The molecule has 0 spiro atoms. The molecule has 0 radical (unpaired) electrons. The average Bonchev–Trinajstić information content (AvgIpc) is 2.44. The van der Waals surface area contributed by atoms with Crippen molar-refractivity contribution in [3.05, 3.63) is 70.5 Å². The van der Waals surface area contributed by atoms with E-state index in [9.17, 15) is 18.0 Å². The van der Waals surface area contributed by atoms with Crippen LogP contribution < -0.4 is 5.32 Å². The molecule has 1 N–H and O–H groups in total. The van der Waals surface area contributed by atoms with E-state index < -0.39 is 23.6 Å². The minimum Gasteiger partial charge on any atom is -0.345 e. The Balaban J connectivity index is 2.18. The first kappa shape index (κ1) is 15.1. The van der Waals surface area contributed by atoms with Gasteiger partial charge in [0.15, 0.2) is 11.6 Å². The molecule has 2 nitrogen and oxygen atoms in total. The maximum Gasteiger partial charge on any atom is 0.254 e. The van der Waals surface area contributed by atoms with Crippen molar-refractivity contribution in [1.29, 1.82) is 0 Å². The SMILES string of the molecule is Cc1ccc(C(C)NC(=O)c2cccc(F)c2F)cc1F. The zero-order valence-electron chi connectivity index (χ0n) is 11.6. The summed E-state index contributed by atoms with van der Waals surface area (Å²) >= 11 is 0. The quantitative estimate of drug-likeness (QED) is 0.913. The van der Waals surface area contributed by atoms with Crippen molar-refractivity contribution in [2.75, 3.05) is 0 Å². The summed E-state index contributed by atoms with van der Waals surface area (Å²) in [5.41, 5.74) is 0.658.